The Bertz CT molecular complexity index is 1200. The van der Waals surface area contributed by atoms with Gasteiger partial charge in [-0.3, -0.25) is 14.4 Å². The van der Waals surface area contributed by atoms with E-state index in [1.54, 1.807) is 11.3 Å². The first-order chi connectivity index (χ1) is 15.1. The highest BCUT2D eigenvalue weighted by molar-refractivity contribution is 7.15. The summed E-state index contributed by atoms with van der Waals surface area (Å²) in [5.74, 6) is 1.20. The first-order valence-electron chi connectivity index (χ1n) is 10.7. The van der Waals surface area contributed by atoms with Gasteiger partial charge in [-0.1, -0.05) is 30.7 Å². The molecule has 1 atom stereocenters. The Balaban J connectivity index is 1.93. The molecule has 0 spiro atoms. The van der Waals surface area contributed by atoms with E-state index in [4.69, 9.17) is 21.3 Å². The number of ether oxygens (including phenoxy) is 1. The fraction of sp³-hybridized carbons (Fsp3) is 0.417. The molecule has 0 saturated carbocycles. The normalized spacial score (nSPS) is 15.6. The van der Waals surface area contributed by atoms with E-state index in [-0.39, 0.29) is 12.4 Å². The number of esters is 1. The molecule has 1 aliphatic rings. The third-order valence-electron chi connectivity index (χ3n) is 5.36. The Morgan fingerprint density at radius 3 is 2.50 bits per heavy atom. The van der Waals surface area contributed by atoms with Crippen molar-refractivity contribution in [2.24, 2.45) is 4.99 Å². The molecule has 0 radical (unpaired) electrons. The summed E-state index contributed by atoms with van der Waals surface area (Å²) in [5.41, 5.74) is 3.43. The van der Waals surface area contributed by atoms with Crippen molar-refractivity contribution in [3.8, 4) is 5.00 Å². The van der Waals surface area contributed by atoms with Gasteiger partial charge in [0.05, 0.1) is 12.1 Å². The molecule has 3 aromatic rings. The lowest BCUT2D eigenvalue weighted by atomic mass is 9.99. The average Bonchev–Trinajstić information content (AvgIpc) is 3.22. The highest BCUT2D eigenvalue weighted by Crippen LogP contribution is 2.40. The Hall–Kier alpha value is -2.51. The van der Waals surface area contributed by atoms with E-state index in [0.29, 0.717) is 10.8 Å². The minimum absolute atomic E-state index is 0.0865. The van der Waals surface area contributed by atoms with E-state index >= 15 is 0 Å². The number of hydrogen-bond donors (Lipinski definition) is 0. The predicted molar refractivity (Wildman–Crippen MR) is 128 cm³/mol. The molecule has 0 saturated heterocycles. The van der Waals surface area contributed by atoms with Gasteiger partial charge in [-0.2, -0.15) is 0 Å². The third kappa shape index (κ3) is 4.24. The molecule has 0 N–H and O–H groups in total. The molecular weight excluding hydrogens is 444 g/mol. The van der Waals surface area contributed by atoms with Crippen molar-refractivity contribution in [3.05, 3.63) is 62.5 Å². The van der Waals surface area contributed by atoms with E-state index in [1.807, 2.05) is 45.0 Å². The number of halogens is 1. The topological polar surface area (TPSA) is 69.4 Å². The summed E-state index contributed by atoms with van der Waals surface area (Å²) in [4.78, 5) is 19.1. The maximum absolute atomic E-state index is 12.8. The van der Waals surface area contributed by atoms with Gasteiger partial charge in [0.25, 0.3) is 0 Å². The number of rotatable bonds is 4. The second-order valence-electron chi connectivity index (χ2n) is 8.92. The van der Waals surface area contributed by atoms with Crippen LogP contribution in [-0.2, 0) is 16.0 Å². The lowest BCUT2D eigenvalue weighted by Gasteiger charge is -2.21. The largest absolute Gasteiger partial charge is 0.460 e. The molecule has 1 unspecified atom stereocenters. The lowest BCUT2D eigenvalue weighted by molar-refractivity contribution is -0.155. The first kappa shape index (κ1) is 22.7. The fourth-order valence-electron chi connectivity index (χ4n) is 3.82. The van der Waals surface area contributed by atoms with Crippen molar-refractivity contribution in [2.75, 3.05) is 0 Å². The quantitative estimate of drug-likeness (QED) is 0.453. The zero-order valence-corrected chi connectivity index (χ0v) is 20.8. The van der Waals surface area contributed by atoms with Crippen LogP contribution in [0.3, 0.4) is 0 Å². The van der Waals surface area contributed by atoms with Gasteiger partial charge in [-0.05, 0) is 52.3 Å². The molecule has 1 aromatic carbocycles. The number of nitrogens with zero attached hydrogens (tertiary/aromatic N) is 4. The number of hydrogen-bond acceptors (Lipinski definition) is 6. The van der Waals surface area contributed by atoms with E-state index in [9.17, 15) is 4.79 Å². The van der Waals surface area contributed by atoms with Crippen LogP contribution in [0.25, 0.3) is 5.00 Å². The molecule has 2 aromatic heterocycles. The molecular formula is C24H27ClN4O2S. The van der Waals surface area contributed by atoms with Crippen molar-refractivity contribution < 1.29 is 9.53 Å². The van der Waals surface area contributed by atoms with Crippen LogP contribution in [0.1, 0.15) is 73.4 Å². The minimum atomic E-state index is -0.570. The highest BCUT2D eigenvalue weighted by Gasteiger charge is 2.33. The molecule has 0 aliphatic carbocycles. The second kappa shape index (κ2) is 8.45. The number of carbonyl (C=O) groups is 1. The Labute approximate surface area is 197 Å². The highest BCUT2D eigenvalue weighted by atomic mass is 35.5. The molecule has 168 valence electrons. The first-order valence-corrected chi connectivity index (χ1v) is 11.9. The standard InChI is InChI=1S/C24H27ClN4O2S/c1-7-18-27-28-22-17(12-19(30)31-24(4,5)6)26-21(15-8-10-16(25)11-9-15)20-13(2)14(3)32-23(20)29(18)22/h8-11,17H,7,12H2,1-6H3. The smallest absolute Gasteiger partial charge is 0.308 e. The molecule has 8 heteroatoms. The second-order valence-corrected chi connectivity index (χ2v) is 10.6. The van der Waals surface area contributed by atoms with Crippen LogP contribution >= 0.6 is 22.9 Å². The number of fused-ring (bicyclic) bond motifs is 3. The van der Waals surface area contributed by atoms with Crippen molar-refractivity contribution in [2.45, 2.75) is 66.0 Å². The van der Waals surface area contributed by atoms with Gasteiger partial charge in [-0.15, -0.1) is 21.5 Å². The van der Waals surface area contributed by atoms with Gasteiger partial charge in [0.15, 0.2) is 5.82 Å². The number of aryl methyl sites for hydroxylation is 2. The van der Waals surface area contributed by atoms with Gasteiger partial charge in [-0.25, -0.2) is 0 Å². The maximum Gasteiger partial charge on any atom is 0.308 e. The molecule has 0 amide bonds. The average molecular weight is 471 g/mol. The molecule has 0 bridgehead atoms. The Morgan fingerprint density at radius 2 is 1.88 bits per heavy atom. The van der Waals surface area contributed by atoms with E-state index < -0.39 is 11.6 Å². The zero-order chi connectivity index (χ0) is 23.2. The van der Waals surface area contributed by atoms with Crippen LogP contribution in [0.15, 0.2) is 29.3 Å². The zero-order valence-electron chi connectivity index (χ0n) is 19.2. The van der Waals surface area contributed by atoms with Crippen molar-refractivity contribution in [3.63, 3.8) is 0 Å². The monoisotopic (exact) mass is 470 g/mol. The number of thiophene rings is 1. The SMILES string of the molecule is CCc1nnc2n1-c1sc(C)c(C)c1C(c1ccc(Cl)cc1)=NC2CC(=O)OC(C)(C)C. The van der Waals surface area contributed by atoms with E-state index in [2.05, 4.69) is 35.5 Å². The number of aromatic nitrogens is 3. The van der Waals surface area contributed by atoms with Gasteiger partial charge in [0.2, 0.25) is 0 Å². The van der Waals surface area contributed by atoms with Crippen LogP contribution in [0.5, 0.6) is 0 Å². The molecule has 0 fully saturated rings. The summed E-state index contributed by atoms with van der Waals surface area (Å²) in [6.07, 6.45) is 0.807. The maximum atomic E-state index is 12.8. The molecule has 32 heavy (non-hydrogen) atoms. The molecule has 3 heterocycles. The number of benzene rings is 1. The summed E-state index contributed by atoms with van der Waals surface area (Å²) in [6, 6.07) is 7.14. The summed E-state index contributed by atoms with van der Waals surface area (Å²) >= 11 is 7.85. The fourth-order valence-corrected chi connectivity index (χ4v) is 5.14. The minimum Gasteiger partial charge on any atom is -0.460 e. The summed E-state index contributed by atoms with van der Waals surface area (Å²) in [5, 5.41) is 10.6. The van der Waals surface area contributed by atoms with Gasteiger partial charge in [0, 0.05) is 27.4 Å². The molecule has 1 aliphatic heterocycles. The van der Waals surface area contributed by atoms with Gasteiger partial charge < -0.3 is 4.74 Å². The number of carbonyl (C=O) groups excluding carboxylic acids is 1. The van der Waals surface area contributed by atoms with Gasteiger partial charge in [0.1, 0.15) is 22.5 Å². The van der Waals surface area contributed by atoms with Crippen LogP contribution in [0.2, 0.25) is 5.02 Å². The van der Waals surface area contributed by atoms with Crippen LogP contribution in [-0.4, -0.2) is 32.0 Å². The van der Waals surface area contributed by atoms with Gasteiger partial charge >= 0.3 is 5.97 Å². The van der Waals surface area contributed by atoms with Crippen LogP contribution < -0.4 is 0 Å². The van der Waals surface area contributed by atoms with E-state index in [0.717, 1.165) is 34.1 Å². The summed E-state index contributed by atoms with van der Waals surface area (Å²) in [6.45, 7) is 11.9. The number of aliphatic imine (C=N–C) groups is 1. The van der Waals surface area contributed by atoms with E-state index in [1.165, 1.54) is 10.4 Å². The molecule has 4 rings (SSSR count). The van der Waals surface area contributed by atoms with Crippen molar-refractivity contribution in [1.82, 2.24) is 14.8 Å². The summed E-state index contributed by atoms with van der Waals surface area (Å²) < 4.78 is 7.69. The predicted octanol–water partition coefficient (Wildman–Crippen LogP) is 5.79. The van der Waals surface area contributed by atoms with Crippen molar-refractivity contribution >= 4 is 34.6 Å². The van der Waals surface area contributed by atoms with Crippen LogP contribution in [0.4, 0.5) is 0 Å². The lowest BCUT2D eigenvalue weighted by Crippen LogP contribution is -2.25. The Kier molecular flexibility index (Phi) is 5.98. The summed E-state index contributed by atoms with van der Waals surface area (Å²) in [7, 11) is 0. The molecule has 6 nitrogen and oxygen atoms in total. The Morgan fingerprint density at radius 1 is 1.19 bits per heavy atom. The third-order valence-corrected chi connectivity index (χ3v) is 6.80. The van der Waals surface area contributed by atoms with Crippen molar-refractivity contribution in [1.29, 1.82) is 0 Å². The van der Waals surface area contributed by atoms with Crippen LogP contribution in [0, 0.1) is 13.8 Å².